The summed E-state index contributed by atoms with van der Waals surface area (Å²) in [4.78, 5) is 15.9. The van der Waals surface area contributed by atoms with Crippen molar-refractivity contribution in [2.24, 2.45) is 11.0 Å². The lowest BCUT2D eigenvalue weighted by atomic mass is 9.86. The Morgan fingerprint density at radius 2 is 1.86 bits per heavy atom. The molecule has 1 heterocycles. The molecule has 0 radical (unpaired) electrons. The van der Waals surface area contributed by atoms with Crippen LogP contribution in [-0.2, 0) is 10.4 Å². The number of hydrogen-bond acceptors (Lipinski definition) is 4. The predicted molar refractivity (Wildman–Crippen MR) is 97.6 cm³/mol. The molecule has 1 amide bonds. The molecule has 0 fully saturated rings. The zero-order chi connectivity index (χ0) is 20.7. The summed E-state index contributed by atoms with van der Waals surface area (Å²) in [6, 6.07) is 9.14. The Morgan fingerprint density at radius 1 is 1.21 bits per heavy atom. The van der Waals surface area contributed by atoms with E-state index in [0.29, 0.717) is 5.01 Å². The summed E-state index contributed by atoms with van der Waals surface area (Å²) in [5.74, 6) is 5.41. The average molecular weight is 434 g/mol. The van der Waals surface area contributed by atoms with Crippen molar-refractivity contribution in [3.63, 3.8) is 0 Å². The second-order valence-electron chi connectivity index (χ2n) is 5.99. The molecule has 0 spiro atoms. The number of hydrazine groups is 1. The monoisotopic (exact) mass is 433 g/mol. The van der Waals surface area contributed by atoms with Crippen LogP contribution in [0.5, 0.6) is 0 Å². The molecular weight excluding hydrogens is 422 g/mol. The molecule has 0 aromatic heterocycles. The van der Waals surface area contributed by atoms with Crippen LogP contribution in [-0.4, -0.2) is 23.1 Å². The van der Waals surface area contributed by atoms with E-state index in [4.69, 9.17) is 39.0 Å². The Kier molecular flexibility index (Phi) is 5.18. The molecule has 2 aromatic rings. The van der Waals surface area contributed by atoms with Gasteiger partial charge in [-0.05, 0) is 30.3 Å². The van der Waals surface area contributed by atoms with Crippen LogP contribution in [0.4, 0.5) is 23.7 Å². The number of rotatable bonds is 3. The van der Waals surface area contributed by atoms with Gasteiger partial charge in [-0.25, -0.2) is 15.6 Å². The predicted octanol–water partition coefficient (Wildman–Crippen LogP) is 4.93. The number of hydrogen-bond donors (Lipinski definition) is 2. The van der Waals surface area contributed by atoms with Crippen LogP contribution < -0.4 is 10.9 Å². The van der Waals surface area contributed by atoms with E-state index in [1.54, 1.807) is 0 Å². The van der Waals surface area contributed by atoms with Gasteiger partial charge < -0.3 is 9.94 Å². The molecule has 0 aliphatic carbocycles. The molecule has 3 rings (SSSR count). The molecule has 1 aliphatic heterocycles. The van der Waals surface area contributed by atoms with E-state index < -0.39 is 24.3 Å². The summed E-state index contributed by atoms with van der Waals surface area (Å²) in [5.41, 5.74) is -2.81. The van der Waals surface area contributed by atoms with Crippen molar-refractivity contribution in [3.05, 3.63) is 63.6 Å². The number of anilines is 1. The molecule has 148 valence electrons. The zero-order valence-electron chi connectivity index (χ0n) is 13.9. The summed E-state index contributed by atoms with van der Waals surface area (Å²) in [6.07, 6.45) is -6.92. The Bertz CT molecular complexity index is 948. The highest BCUT2D eigenvalue weighted by Crippen LogP contribution is 2.49. The summed E-state index contributed by atoms with van der Waals surface area (Å²) in [5, 5.41) is 13.0. The molecule has 1 atom stereocenters. The van der Waals surface area contributed by atoms with E-state index >= 15 is 0 Å². The number of amides is 1. The molecule has 0 saturated heterocycles. The molecule has 1 aliphatic rings. The maximum absolute atomic E-state index is 14.0. The minimum atomic E-state index is -4.83. The van der Waals surface area contributed by atoms with Crippen LogP contribution in [0.3, 0.4) is 0 Å². The molecule has 3 N–H and O–H groups in total. The van der Waals surface area contributed by atoms with Crippen molar-refractivity contribution >= 4 is 40.7 Å². The van der Waals surface area contributed by atoms with Gasteiger partial charge in [0.1, 0.15) is 0 Å². The first-order valence-electron chi connectivity index (χ1n) is 7.70. The van der Waals surface area contributed by atoms with Gasteiger partial charge in [0.05, 0.1) is 11.4 Å². The molecule has 2 aromatic carbocycles. The Balaban J connectivity index is 2.00. The number of nitrogens with zero attached hydrogens (tertiary/aromatic N) is 2. The number of nitrogens with two attached hydrogens (primary N) is 1. The minimum absolute atomic E-state index is 0.0189. The maximum atomic E-state index is 14.0. The fraction of sp³-hybridized carbons (Fsp3) is 0.176. The molecule has 11 heteroatoms. The second kappa shape index (κ2) is 7.16. The van der Waals surface area contributed by atoms with Gasteiger partial charge in [-0.1, -0.05) is 40.5 Å². The Morgan fingerprint density at radius 3 is 2.43 bits per heavy atom. The van der Waals surface area contributed by atoms with Gasteiger partial charge >= 0.3 is 12.3 Å². The van der Waals surface area contributed by atoms with Gasteiger partial charge in [0, 0.05) is 27.6 Å². The normalized spacial score (nSPS) is 19.1. The molecule has 1 unspecified atom stereocenters. The van der Waals surface area contributed by atoms with Crippen LogP contribution in [0.1, 0.15) is 17.5 Å². The fourth-order valence-corrected chi connectivity index (χ4v) is 3.32. The quantitative estimate of drug-likeness (QED) is 0.407. The third-order valence-electron chi connectivity index (χ3n) is 4.18. The highest BCUT2D eigenvalue weighted by Gasteiger charge is 2.62. The molecule has 0 saturated carbocycles. The smallest absolute Gasteiger partial charge is 0.435 e. The first-order valence-corrected chi connectivity index (χ1v) is 8.45. The van der Waals surface area contributed by atoms with Crippen molar-refractivity contribution in [2.45, 2.75) is 18.2 Å². The standard InChI is InChI=1S/C17H12Cl2F3N3O3/c18-11-5-10(6-12(19)7-11)16(17(20,21)22)8-14(24-28-16)9-2-1-3-13(4-9)25(23)15(26)27/h1-7H,8,23H2,(H,26,27). The van der Waals surface area contributed by atoms with E-state index in [0.717, 1.165) is 12.1 Å². The number of carboxylic acid groups (broad SMARTS) is 1. The van der Waals surface area contributed by atoms with E-state index in [1.165, 1.54) is 30.3 Å². The fourth-order valence-electron chi connectivity index (χ4n) is 2.79. The van der Waals surface area contributed by atoms with Crippen molar-refractivity contribution in [3.8, 4) is 0 Å². The SMILES string of the molecule is NN(C(=O)O)c1cccc(C2=NOC(c3cc(Cl)cc(Cl)c3)(C(F)(F)F)C2)c1. The molecular formula is C17H12Cl2F3N3O3. The number of oxime groups is 1. The third kappa shape index (κ3) is 3.60. The average Bonchev–Trinajstić information content (AvgIpc) is 3.07. The summed E-state index contributed by atoms with van der Waals surface area (Å²) < 4.78 is 41.9. The summed E-state index contributed by atoms with van der Waals surface area (Å²) >= 11 is 11.7. The van der Waals surface area contributed by atoms with Crippen LogP contribution in [0, 0.1) is 0 Å². The van der Waals surface area contributed by atoms with E-state index in [1.807, 2.05) is 0 Å². The highest BCUT2D eigenvalue weighted by molar-refractivity contribution is 6.34. The largest absolute Gasteiger partial charge is 0.464 e. The summed E-state index contributed by atoms with van der Waals surface area (Å²) in [6.45, 7) is 0. The van der Waals surface area contributed by atoms with Crippen molar-refractivity contribution < 1.29 is 27.9 Å². The maximum Gasteiger partial charge on any atom is 0.435 e. The second-order valence-corrected chi connectivity index (χ2v) is 6.86. The van der Waals surface area contributed by atoms with Gasteiger partial charge in [-0.3, -0.25) is 0 Å². The van der Waals surface area contributed by atoms with Crippen LogP contribution in [0.2, 0.25) is 10.0 Å². The van der Waals surface area contributed by atoms with E-state index in [-0.39, 0.29) is 32.6 Å². The lowest BCUT2D eigenvalue weighted by Gasteiger charge is -2.29. The number of carbonyl (C=O) groups is 1. The third-order valence-corrected chi connectivity index (χ3v) is 4.61. The van der Waals surface area contributed by atoms with Gasteiger partial charge in [0.2, 0.25) is 0 Å². The Hall–Kier alpha value is -2.49. The van der Waals surface area contributed by atoms with Gasteiger partial charge in [-0.15, -0.1) is 0 Å². The van der Waals surface area contributed by atoms with Crippen molar-refractivity contribution in [1.29, 1.82) is 0 Å². The summed E-state index contributed by atoms with van der Waals surface area (Å²) in [7, 11) is 0. The first-order chi connectivity index (χ1) is 13.0. The van der Waals surface area contributed by atoms with Crippen LogP contribution in [0.15, 0.2) is 47.6 Å². The van der Waals surface area contributed by atoms with Gasteiger partial charge in [-0.2, -0.15) is 13.2 Å². The first kappa shape index (κ1) is 20.2. The molecule has 28 heavy (non-hydrogen) atoms. The van der Waals surface area contributed by atoms with Crippen LogP contribution in [0.25, 0.3) is 0 Å². The number of halogens is 5. The Labute approximate surface area is 166 Å². The van der Waals surface area contributed by atoms with Crippen LogP contribution >= 0.6 is 23.2 Å². The zero-order valence-corrected chi connectivity index (χ0v) is 15.4. The molecule has 0 bridgehead atoms. The van der Waals surface area contributed by atoms with E-state index in [2.05, 4.69) is 5.16 Å². The lowest BCUT2D eigenvalue weighted by molar-refractivity contribution is -0.275. The van der Waals surface area contributed by atoms with Crippen molar-refractivity contribution in [2.75, 3.05) is 5.01 Å². The van der Waals surface area contributed by atoms with Gasteiger partial charge in [0.15, 0.2) is 0 Å². The minimum Gasteiger partial charge on any atom is -0.464 e. The highest BCUT2D eigenvalue weighted by atomic mass is 35.5. The molecule has 6 nitrogen and oxygen atoms in total. The van der Waals surface area contributed by atoms with Gasteiger partial charge in [0.25, 0.3) is 5.60 Å². The van der Waals surface area contributed by atoms with Crippen molar-refractivity contribution in [1.82, 2.24) is 0 Å². The number of alkyl halides is 3. The lowest BCUT2D eigenvalue weighted by Crippen LogP contribution is -2.42. The number of benzene rings is 2. The van der Waals surface area contributed by atoms with E-state index in [9.17, 15) is 18.0 Å². The topological polar surface area (TPSA) is 88.2 Å².